The van der Waals surface area contributed by atoms with Crippen LogP contribution in [0.15, 0.2) is 40.3 Å². The first-order valence-corrected chi connectivity index (χ1v) is 8.21. The predicted molar refractivity (Wildman–Crippen MR) is 87.6 cm³/mol. The van der Waals surface area contributed by atoms with E-state index >= 15 is 0 Å². The van der Waals surface area contributed by atoms with Crippen molar-refractivity contribution >= 4 is 34.4 Å². The second-order valence-corrected chi connectivity index (χ2v) is 6.42. The summed E-state index contributed by atoms with van der Waals surface area (Å²) in [6.45, 7) is 2.08. The molecular formula is C14H15IN2OS. The molecule has 1 N–H and O–H groups in total. The minimum Gasteiger partial charge on any atom is -0.301 e. The van der Waals surface area contributed by atoms with E-state index in [1.165, 1.54) is 9.13 Å². The van der Waals surface area contributed by atoms with Gasteiger partial charge in [0.2, 0.25) is 0 Å². The molecular weight excluding hydrogens is 371 g/mol. The summed E-state index contributed by atoms with van der Waals surface area (Å²) in [6.07, 6.45) is 1.85. The molecule has 1 aromatic heterocycles. The third-order valence-electron chi connectivity index (χ3n) is 2.57. The maximum Gasteiger partial charge on any atom is 0.251 e. The van der Waals surface area contributed by atoms with Crippen molar-refractivity contribution in [1.29, 1.82) is 0 Å². The zero-order chi connectivity index (χ0) is 13.7. The highest BCUT2D eigenvalue weighted by Crippen LogP contribution is 2.19. The summed E-state index contributed by atoms with van der Waals surface area (Å²) in [5.41, 5.74) is 2.04. The average molecular weight is 386 g/mol. The van der Waals surface area contributed by atoms with Crippen molar-refractivity contribution in [2.45, 2.75) is 30.7 Å². The Balaban J connectivity index is 2.06. The maximum absolute atomic E-state index is 11.5. The maximum atomic E-state index is 11.5. The Morgan fingerprint density at radius 3 is 2.74 bits per heavy atom. The highest BCUT2D eigenvalue weighted by atomic mass is 127. The van der Waals surface area contributed by atoms with Gasteiger partial charge in [-0.25, -0.2) is 4.98 Å². The van der Waals surface area contributed by atoms with Gasteiger partial charge in [0.1, 0.15) is 0 Å². The Labute approximate surface area is 130 Å². The molecule has 0 saturated carbocycles. The predicted octanol–water partition coefficient (Wildman–Crippen LogP) is 3.62. The molecule has 0 unspecified atom stereocenters. The summed E-state index contributed by atoms with van der Waals surface area (Å²) >= 11 is 3.85. The molecule has 0 atom stereocenters. The van der Waals surface area contributed by atoms with Crippen LogP contribution in [0, 0.1) is 3.57 Å². The molecule has 0 aliphatic heterocycles. The number of H-pyrrole nitrogens is 1. The van der Waals surface area contributed by atoms with Gasteiger partial charge < -0.3 is 4.98 Å². The first-order valence-electron chi connectivity index (χ1n) is 6.15. The van der Waals surface area contributed by atoms with Crippen molar-refractivity contribution < 1.29 is 0 Å². The van der Waals surface area contributed by atoms with Gasteiger partial charge in [-0.1, -0.05) is 37.2 Å². The second-order valence-electron chi connectivity index (χ2n) is 4.21. The molecule has 1 heterocycles. The van der Waals surface area contributed by atoms with Gasteiger partial charge in [0.15, 0.2) is 5.16 Å². The summed E-state index contributed by atoms with van der Waals surface area (Å²) in [5, 5.41) is 0.703. The fraction of sp³-hybridized carbons (Fsp3) is 0.286. The van der Waals surface area contributed by atoms with Gasteiger partial charge in [0.05, 0.1) is 0 Å². The lowest BCUT2D eigenvalue weighted by molar-refractivity contribution is 0.816. The summed E-state index contributed by atoms with van der Waals surface area (Å²) < 4.78 is 1.22. The molecule has 0 fully saturated rings. The van der Waals surface area contributed by atoms with Crippen molar-refractivity contribution in [2.75, 3.05) is 0 Å². The first kappa shape index (κ1) is 14.6. The molecule has 2 rings (SSSR count). The molecule has 0 bridgehead atoms. The molecule has 100 valence electrons. The molecule has 0 amide bonds. The zero-order valence-corrected chi connectivity index (χ0v) is 13.6. The van der Waals surface area contributed by atoms with Crippen LogP contribution < -0.4 is 5.56 Å². The van der Waals surface area contributed by atoms with Crippen LogP contribution in [-0.4, -0.2) is 9.97 Å². The van der Waals surface area contributed by atoms with E-state index in [2.05, 4.69) is 63.7 Å². The van der Waals surface area contributed by atoms with Gasteiger partial charge in [0.25, 0.3) is 5.56 Å². The average Bonchev–Trinajstić information content (AvgIpc) is 2.38. The van der Waals surface area contributed by atoms with Crippen molar-refractivity contribution in [3.63, 3.8) is 0 Å². The minimum atomic E-state index is -0.0661. The topological polar surface area (TPSA) is 45.8 Å². The molecule has 0 aliphatic rings. The number of hydrogen-bond acceptors (Lipinski definition) is 3. The molecule has 2 aromatic rings. The lowest BCUT2D eigenvalue weighted by Gasteiger charge is -2.03. The highest BCUT2D eigenvalue weighted by Gasteiger charge is 2.02. The van der Waals surface area contributed by atoms with E-state index in [1.807, 2.05) is 0 Å². The van der Waals surface area contributed by atoms with Gasteiger partial charge >= 0.3 is 0 Å². The minimum absolute atomic E-state index is 0.0661. The molecule has 5 heteroatoms. The van der Waals surface area contributed by atoms with Crippen LogP contribution in [0.4, 0.5) is 0 Å². The van der Waals surface area contributed by atoms with Crippen LogP contribution in [0.2, 0.25) is 0 Å². The number of nitrogens with one attached hydrogen (secondary N) is 1. The van der Waals surface area contributed by atoms with E-state index in [-0.39, 0.29) is 5.56 Å². The number of hydrogen-bond donors (Lipinski definition) is 1. The molecule has 19 heavy (non-hydrogen) atoms. The van der Waals surface area contributed by atoms with Crippen molar-refractivity contribution in [3.05, 3.63) is 55.5 Å². The molecule has 3 nitrogen and oxygen atoms in total. The fourth-order valence-corrected chi connectivity index (χ4v) is 2.88. The van der Waals surface area contributed by atoms with E-state index in [0.717, 1.165) is 24.3 Å². The van der Waals surface area contributed by atoms with E-state index in [9.17, 15) is 4.79 Å². The van der Waals surface area contributed by atoms with Crippen LogP contribution in [0.1, 0.15) is 24.6 Å². The Kier molecular flexibility index (Phi) is 5.45. The molecule has 0 aliphatic carbocycles. The Morgan fingerprint density at radius 2 is 2.05 bits per heavy atom. The first-order chi connectivity index (χ1) is 9.17. The normalized spacial score (nSPS) is 10.6. The van der Waals surface area contributed by atoms with E-state index in [1.54, 1.807) is 17.8 Å². The van der Waals surface area contributed by atoms with Gasteiger partial charge in [-0.3, -0.25) is 4.79 Å². The van der Waals surface area contributed by atoms with Crippen molar-refractivity contribution in [1.82, 2.24) is 9.97 Å². The quantitative estimate of drug-likeness (QED) is 0.485. The third-order valence-corrected chi connectivity index (χ3v) is 4.23. The zero-order valence-electron chi connectivity index (χ0n) is 10.6. The molecule has 1 aromatic carbocycles. The van der Waals surface area contributed by atoms with Gasteiger partial charge in [-0.05, 0) is 46.7 Å². The van der Waals surface area contributed by atoms with Crippen LogP contribution >= 0.6 is 34.4 Å². The van der Waals surface area contributed by atoms with Gasteiger partial charge in [-0.2, -0.15) is 0 Å². The second kappa shape index (κ2) is 7.09. The number of rotatable bonds is 5. The number of thioether (sulfide) groups is 1. The Morgan fingerprint density at radius 1 is 1.32 bits per heavy atom. The lowest BCUT2D eigenvalue weighted by Crippen LogP contribution is -2.09. The Bertz CT molecular complexity index is 595. The lowest BCUT2D eigenvalue weighted by atomic mass is 10.2. The summed E-state index contributed by atoms with van der Waals surface area (Å²) in [4.78, 5) is 18.8. The van der Waals surface area contributed by atoms with Crippen LogP contribution in [0.5, 0.6) is 0 Å². The standard InChI is InChI=1S/C14H15IN2OS/c1-2-3-12-8-13(18)17-14(16-12)19-9-10-4-6-11(15)7-5-10/h4-8H,2-3,9H2,1H3,(H,16,17,18). The van der Waals surface area contributed by atoms with Crippen LogP contribution in [0.25, 0.3) is 0 Å². The SMILES string of the molecule is CCCc1cc(=O)[nH]c(SCc2ccc(I)cc2)n1. The van der Waals surface area contributed by atoms with Gasteiger partial charge in [0, 0.05) is 21.1 Å². The Hall–Kier alpha value is -0.820. The monoisotopic (exact) mass is 386 g/mol. The van der Waals surface area contributed by atoms with Crippen molar-refractivity contribution in [3.8, 4) is 0 Å². The summed E-state index contributed by atoms with van der Waals surface area (Å²) in [5.74, 6) is 0.815. The van der Waals surface area contributed by atoms with Crippen LogP contribution in [0.3, 0.4) is 0 Å². The van der Waals surface area contributed by atoms with Crippen LogP contribution in [-0.2, 0) is 12.2 Å². The number of aromatic nitrogens is 2. The highest BCUT2D eigenvalue weighted by molar-refractivity contribution is 14.1. The van der Waals surface area contributed by atoms with Crippen molar-refractivity contribution in [2.24, 2.45) is 0 Å². The molecule has 0 saturated heterocycles. The number of nitrogens with zero attached hydrogens (tertiary/aromatic N) is 1. The summed E-state index contributed by atoms with van der Waals surface area (Å²) in [7, 11) is 0. The molecule has 0 spiro atoms. The molecule has 0 radical (unpaired) electrons. The largest absolute Gasteiger partial charge is 0.301 e. The number of aromatic amines is 1. The fourth-order valence-electron chi connectivity index (χ4n) is 1.67. The summed E-state index contributed by atoms with van der Waals surface area (Å²) in [6, 6.07) is 9.95. The third kappa shape index (κ3) is 4.65. The van der Waals surface area contributed by atoms with E-state index in [4.69, 9.17) is 0 Å². The smallest absolute Gasteiger partial charge is 0.251 e. The van der Waals surface area contributed by atoms with E-state index in [0.29, 0.717) is 5.16 Å². The number of benzene rings is 1. The van der Waals surface area contributed by atoms with E-state index < -0.39 is 0 Å². The van der Waals surface area contributed by atoms with Gasteiger partial charge in [-0.15, -0.1) is 0 Å². The number of halogens is 1. The number of aryl methyl sites for hydroxylation is 1.